The molecule has 0 aromatic carbocycles. The molecule has 0 aliphatic carbocycles. The molecular formula is C19H22ClN5O5. The Morgan fingerprint density at radius 3 is 2.97 bits per heavy atom. The number of H-pyrrole nitrogens is 1. The Balaban J connectivity index is 1.28. The van der Waals surface area contributed by atoms with Crippen LogP contribution in [0, 0.1) is 0 Å². The topological polar surface area (TPSA) is 128 Å². The van der Waals surface area contributed by atoms with Gasteiger partial charge in [0.05, 0.1) is 48.3 Å². The minimum absolute atomic E-state index is 0.0514. The third-order valence-electron chi connectivity index (χ3n) is 5.37. The fraction of sp³-hybridized carbons (Fsp3) is 0.526. The molecule has 0 saturated carbocycles. The molecule has 0 unspecified atom stereocenters. The van der Waals surface area contributed by atoms with E-state index >= 15 is 0 Å². The van der Waals surface area contributed by atoms with Crippen molar-refractivity contribution in [1.29, 1.82) is 0 Å². The number of halogens is 1. The zero-order valence-corrected chi connectivity index (χ0v) is 16.8. The monoisotopic (exact) mass is 435 g/mol. The molecule has 11 heteroatoms. The number of fused-ring (bicyclic) bond motifs is 2. The fourth-order valence-corrected chi connectivity index (χ4v) is 4.11. The zero-order valence-electron chi connectivity index (χ0n) is 16.1. The molecule has 10 nitrogen and oxygen atoms in total. The van der Waals surface area contributed by atoms with Crippen molar-refractivity contribution >= 4 is 22.8 Å². The number of aromatic nitrogens is 5. The van der Waals surface area contributed by atoms with Crippen molar-refractivity contribution in [3.05, 3.63) is 34.7 Å². The molecular weight excluding hydrogens is 414 g/mol. The second-order valence-electron chi connectivity index (χ2n) is 7.44. The van der Waals surface area contributed by atoms with Crippen molar-refractivity contribution in [3.63, 3.8) is 0 Å². The van der Waals surface area contributed by atoms with Gasteiger partial charge in [-0.05, 0) is 25.0 Å². The van der Waals surface area contributed by atoms with Crippen LogP contribution in [0.4, 0.5) is 0 Å². The van der Waals surface area contributed by atoms with Crippen LogP contribution in [0.3, 0.4) is 0 Å². The molecule has 0 amide bonds. The van der Waals surface area contributed by atoms with Gasteiger partial charge in [-0.1, -0.05) is 11.6 Å². The smallest absolute Gasteiger partial charge is 0.296 e. The van der Waals surface area contributed by atoms with E-state index in [4.69, 9.17) is 30.9 Å². The van der Waals surface area contributed by atoms with Crippen molar-refractivity contribution in [3.8, 4) is 6.01 Å². The van der Waals surface area contributed by atoms with Gasteiger partial charge in [0.1, 0.15) is 18.3 Å². The molecule has 3 N–H and O–H groups in total. The quantitative estimate of drug-likeness (QED) is 0.489. The van der Waals surface area contributed by atoms with Gasteiger partial charge in [-0.15, -0.1) is 0 Å². The van der Waals surface area contributed by atoms with Crippen LogP contribution in [0.15, 0.2) is 18.3 Å². The first-order valence-corrected chi connectivity index (χ1v) is 10.2. The molecule has 5 heterocycles. The van der Waals surface area contributed by atoms with Gasteiger partial charge in [-0.3, -0.25) is 4.68 Å². The van der Waals surface area contributed by atoms with Gasteiger partial charge in [0.2, 0.25) is 0 Å². The van der Waals surface area contributed by atoms with Crippen molar-refractivity contribution in [2.75, 3.05) is 19.8 Å². The standard InChI is InChI=1S/C19H22ClN5O5/c20-11-7-13-18(21-12(11)2-1-10-3-4-25(24-10)5-6-26)23-19(22-13)30-15-9-29-16-14(27)8-28-17(15)16/h3-4,7,14-17,26-27H,1-2,5-6,8-9H2,(H,21,22,23)/t14-,15-,16-,17-/m1/s1. The number of ether oxygens (including phenoxy) is 3. The van der Waals surface area contributed by atoms with E-state index in [0.29, 0.717) is 48.2 Å². The van der Waals surface area contributed by atoms with E-state index in [1.54, 1.807) is 10.7 Å². The molecule has 0 bridgehead atoms. The van der Waals surface area contributed by atoms with Crippen LogP contribution in [0.5, 0.6) is 6.01 Å². The number of aryl methyl sites for hydroxylation is 2. The normalized spacial score (nSPS) is 25.8. The van der Waals surface area contributed by atoms with Gasteiger partial charge >= 0.3 is 0 Å². The Morgan fingerprint density at radius 2 is 2.10 bits per heavy atom. The van der Waals surface area contributed by atoms with Crippen LogP contribution in [0.2, 0.25) is 5.02 Å². The first-order chi connectivity index (χ1) is 14.6. The lowest BCUT2D eigenvalue weighted by molar-refractivity contribution is 0.00706. The number of imidazole rings is 1. The third kappa shape index (κ3) is 3.77. The summed E-state index contributed by atoms with van der Waals surface area (Å²) in [7, 11) is 0. The molecule has 2 aliphatic heterocycles. The maximum absolute atomic E-state index is 9.85. The number of rotatable bonds is 7. The van der Waals surface area contributed by atoms with Crippen molar-refractivity contribution in [2.24, 2.45) is 0 Å². The van der Waals surface area contributed by atoms with Crippen molar-refractivity contribution in [2.45, 2.75) is 43.8 Å². The lowest BCUT2D eigenvalue weighted by Crippen LogP contribution is -2.34. The summed E-state index contributed by atoms with van der Waals surface area (Å²) in [6.45, 7) is 1.09. The second-order valence-corrected chi connectivity index (χ2v) is 7.85. The molecule has 4 atom stereocenters. The minimum Gasteiger partial charge on any atom is -0.456 e. The van der Waals surface area contributed by atoms with E-state index < -0.39 is 6.10 Å². The molecule has 0 radical (unpaired) electrons. The summed E-state index contributed by atoms with van der Waals surface area (Å²) >= 11 is 6.42. The average Bonchev–Trinajstić information content (AvgIpc) is 3.48. The Hall–Kier alpha value is -2.24. The highest BCUT2D eigenvalue weighted by Crippen LogP contribution is 2.30. The number of aliphatic hydroxyl groups excluding tert-OH is 2. The molecule has 3 aromatic heterocycles. The summed E-state index contributed by atoms with van der Waals surface area (Å²) in [4.78, 5) is 12.1. The zero-order chi connectivity index (χ0) is 20.7. The average molecular weight is 436 g/mol. The predicted molar refractivity (Wildman–Crippen MR) is 106 cm³/mol. The maximum atomic E-state index is 9.85. The van der Waals surface area contributed by atoms with Crippen LogP contribution >= 0.6 is 11.6 Å². The van der Waals surface area contributed by atoms with E-state index in [9.17, 15) is 5.11 Å². The molecule has 30 heavy (non-hydrogen) atoms. The summed E-state index contributed by atoms with van der Waals surface area (Å²) in [5.41, 5.74) is 2.82. The minimum atomic E-state index is -0.627. The van der Waals surface area contributed by atoms with Crippen LogP contribution in [-0.4, -0.2) is 79.2 Å². The Labute approximate surface area is 176 Å². The number of aliphatic hydroxyl groups is 2. The van der Waals surface area contributed by atoms with Crippen molar-refractivity contribution in [1.82, 2.24) is 24.7 Å². The molecule has 3 aromatic rings. The Bertz CT molecular complexity index is 1040. The summed E-state index contributed by atoms with van der Waals surface area (Å²) in [6.07, 6.45) is 1.47. The number of nitrogens with zero attached hydrogens (tertiary/aromatic N) is 4. The van der Waals surface area contributed by atoms with Gasteiger partial charge in [-0.25, -0.2) is 4.98 Å². The fourth-order valence-electron chi connectivity index (χ4n) is 3.86. The van der Waals surface area contributed by atoms with E-state index in [1.165, 1.54) is 0 Å². The molecule has 5 rings (SSSR count). The molecule has 2 fully saturated rings. The van der Waals surface area contributed by atoms with Crippen LogP contribution in [0.25, 0.3) is 11.2 Å². The predicted octanol–water partition coefficient (Wildman–Crippen LogP) is 0.491. The summed E-state index contributed by atoms with van der Waals surface area (Å²) < 4.78 is 18.8. The van der Waals surface area contributed by atoms with Gasteiger partial charge in [0.15, 0.2) is 11.8 Å². The van der Waals surface area contributed by atoms with E-state index in [2.05, 4.69) is 20.1 Å². The highest BCUT2D eigenvalue weighted by molar-refractivity contribution is 6.31. The Morgan fingerprint density at radius 1 is 1.23 bits per heavy atom. The summed E-state index contributed by atoms with van der Waals surface area (Å²) in [5.74, 6) is 0. The number of nitrogens with one attached hydrogen (secondary N) is 1. The first-order valence-electron chi connectivity index (χ1n) is 9.87. The summed E-state index contributed by atoms with van der Waals surface area (Å²) in [6, 6.07) is 4.02. The Kier molecular flexibility index (Phi) is 5.34. The third-order valence-corrected chi connectivity index (χ3v) is 5.69. The first kappa shape index (κ1) is 19.7. The number of aromatic amines is 1. The van der Waals surface area contributed by atoms with E-state index in [0.717, 1.165) is 11.4 Å². The molecule has 2 aliphatic rings. The van der Waals surface area contributed by atoms with Crippen molar-refractivity contribution < 1.29 is 24.4 Å². The molecule has 0 spiro atoms. The number of hydrogen-bond acceptors (Lipinski definition) is 8. The van der Waals surface area contributed by atoms with Gasteiger partial charge in [0.25, 0.3) is 6.01 Å². The summed E-state index contributed by atoms with van der Waals surface area (Å²) in [5, 5.41) is 23.8. The lowest BCUT2D eigenvalue weighted by atomic mass is 10.1. The van der Waals surface area contributed by atoms with E-state index in [1.807, 2.05) is 12.3 Å². The maximum Gasteiger partial charge on any atom is 0.296 e. The van der Waals surface area contributed by atoms with Gasteiger partial charge < -0.3 is 29.4 Å². The molecule has 2 saturated heterocycles. The van der Waals surface area contributed by atoms with Crippen LogP contribution in [-0.2, 0) is 28.9 Å². The SMILES string of the molecule is OCCn1ccc(CCc2nc3nc(O[C@@H]4CO[C@H]5[C@@H]4OC[C@H]5O)[nH]c3cc2Cl)n1. The largest absolute Gasteiger partial charge is 0.456 e. The number of hydrogen-bond donors (Lipinski definition) is 3. The highest BCUT2D eigenvalue weighted by Gasteiger charge is 2.48. The van der Waals surface area contributed by atoms with Gasteiger partial charge in [0, 0.05) is 6.20 Å². The lowest BCUT2D eigenvalue weighted by Gasteiger charge is -2.15. The van der Waals surface area contributed by atoms with Crippen LogP contribution in [0.1, 0.15) is 11.4 Å². The van der Waals surface area contributed by atoms with Gasteiger partial charge in [-0.2, -0.15) is 10.1 Å². The van der Waals surface area contributed by atoms with Crippen LogP contribution < -0.4 is 4.74 Å². The number of pyridine rings is 1. The van der Waals surface area contributed by atoms with E-state index in [-0.39, 0.29) is 31.5 Å². The second kappa shape index (κ2) is 8.12. The molecule has 160 valence electrons. The highest BCUT2D eigenvalue weighted by atomic mass is 35.5.